The maximum absolute atomic E-state index is 11.8. The number of para-hydroxylation sites is 1. The molecule has 0 saturated carbocycles. The standard InChI is InChI=1S/C16H22N2O2/c1-11(2)10-20-16(19)14(17)8-12-9-18(3)15-7-5-4-6-13(12)15/h4-7,9,11,14H,8,10,17H2,1-3H3/t14-/m1/s1. The first kappa shape index (κ1) is 14.6. The molecule has 1 atom stereocenters. The Bertz CT molecular complexity index is 602. The molecule has 108 valence electrons. The van der Waals surface area contributed by atoms with Crippen molar-refractivity contribution in [3.63, 3.8) is 0 Å². The molecule has 0 radical (unpaired) electrons. The van der Waals surface area contributed by atoms with E-state index in [1.54, 1.807) is 0 Å². The molecule has 1 aromatic carbocycles. The zero-order chi connectivity index (χ0) is 14.7. The van der Waals surface area contributed by atoms with E-state index in [1.165, 1.54) is 0 Å². The molecule has 0 spiro atoms. The molecule has 0 fully saturated rings. The Morgan fingerprint density at radius 2 is 2.05 bits per heavy atom. The number of hydrogen-bond acceptors (Lipinski definition) is 3. The predicted octanol–water partition coefficient (Wildman–Crippen LogP) is 2.25. The minimum Gasteiger partial charge on any atom is -0.464 e. The molecule has 4 nitrogen and oxygen atoms in total. The van der Waals surface area contributed by atoms with Crippen LogP contribution in [0.5, 0.6) is 0 Å². The lowest BCUT2D eigenvalue weighted by Gasteiger charge is -2.12. The van der Waals surface area contributed by atoms with Crippen molar-refractivity contribution in [3.05, 3.63) is 36.0 Å². The molecular formula is C16H22N2O2. The normalized spacial score (nSPS) is 12.8. The molecular weight excluding hydrogens is 252 g/mol. The van der Waals surface area contributed by atoms with Crippen LogP contribution < -0.4 is 5.73 Å². The van der Waals surface area contributed by atoms with Gasteiger partial charge in [0.25, 0.3) is 0 Å². The Morgan fingerprint density at radius 3 is 2.75 bits per heavy atom. The maximum Gasteiger partial charge on any atom is 0.323 e. The molecule has 0 aliphatic rings. The van der Waals surface area contributed by atoms with Crippen LogP contribution in [-0.2, 0) is 23.0 Å². The van der Waals surface area contributed by atoms with E-state index < -0.39 is 6.04 Å². The first-order valence-electron chi connectivity index (χ1n) is 6.94. The van der Waals surface area contributed by atoms with Crippen molar-refractivity contribution in [1.82, 2.24) is 4.57 Å². The van der Waals surface area contributed by atoms with Crippen molar-refractivity contribution < 1.29 is 9.53 Å². The van der Waals surface area contributed by atoms with Gasteiger partial charge in [-0.25, -0.2) is 0 Å². The summed E-state index contributed by atoms with van der Waals surface area (Å²) in [6.45, 7) is 4.43. The summed E-state index contributed by atoms with van der Waals surface area (Å²) < 4.78 is 7.24. The number of esters is 1. The van der Waals surface area contributed by atoms with Gasteiger partial charge in [0.1, 0.15) is 6.04 Å². The Hall–Kier alpha value is -1.81. The molecule has 4 heteroatoms. The molecule has 1 aromatic heterocycles. The third kappa shape index (κ3) is 3.20. The van der Waals surface area contributed by atoms with E-state index in [-0.39, 0.29) is 5.97 Å². The summed E-state index contributed by atoms with van der Waals surface area (Å²) in [4.78, 5) is 11.8. The van der Waals surface area contributed by atoms with Gasteiger partial charge in [-0.2, -0.15) is 0 Å². The topological polar surface area (TPSA) is 57.2 Å². The summed E-state index contributed by atoms with van der Waals surface area (Å²) in [5.41, 5.74) is 8.18. The van der Waals surface area contributed by atoms with Gasteiger partial charge in [0.05, 0.1) is 6.61 Å². The van der Waals surface area contributed by atoms with Crippen LogP contribution in [0, 0.1) is 5.92 Å². The van der Waals surface area contributed by atoms with E-state index in [0.717, 1.165) is 16.5 Å². The van der Waals surface area contributed by atoms with Crippen molar-refractivity contribution in [2.24, 2.45) is 18.7 Å². The second-order valence-corrected chi connectivity index (χ2v) is 5.62. The molecule has 2 aromatic rings. The highest BCUT2D eigenvalue weighted by atomic mass is 16.5. The van der Waals surface area contributed by atoms with Crippen LogP contribution in [0.4, 0.5) is 0 Å². The zero-order valence-electron chi connectivity index (χ0n) is 12.3. The number of rotatable bonds is 5. The molecule has 0 saturated heterocycles. The zero-order valence-corrected chi connectivity index (χ0v) is 12.3. The maximum atomic E-state index is 11.8. The number of nitrogens with zero attached hydrogens (tertiary/aromatic N) is 1. The average Bonchev–Trinajstić information content (AvgIpc) is 2.73. The van der Waals surface area contributed by atoms with Gasteiger partial charge in [0, 0.05) is 30.6 Å². The van der Waals surface area contributed by atoms with Gasteiger partial charge in [0.15, 0.2) is 0 Å². The largest absolute Gasteiger partial charge is 0.464 e. The molecule has 1 heterocycles. The molecule has 0 amide bonds. The summed E-state index contributed by atoms with van der Waals surface area (Å²) in [5.74, 6) is -0.00432. The van der Waals surface area contributed by atoms with E-state index in [0.29, 0.717) is 18.9 Å². The first-order chi connectivity index (χ1) is 9.49. The molecule has 20 heavy (non-hydrogen) atoms. The summed E-state index contributed by atoms with van der Waals surface area (Å²) in [7, 11) is 1.99. The highest BCUT2D eigenvalue weighted by Gasteiger charge is 2.18. The predicted molar refractivity (Wildman–Crippen MR) is 80.4 cm³/mol. The quantitative estimate of drug-likeness (QED) is 0.851. The Labute approximate surface area is 119 Å². The second kappa shape index (κ2) is 6.09. The molecule has 0 aliphatic heterocycles. The SMILES string of the molecule is CC(C)COC(=O)[C@H](N)Cc1cn(C)c2ccccc12. The number of carbonyl (C=O) groups excluding carboxylic acids is 1. The van der Waals surface area contributed by atoms with E-state index in [4.69, 9.17) is 10.5 Å². The van der Waals surface area contributed by atoms with Gasteiger partial charge < -0.3 is 15.0 Å². The number of aromatic nitrogens is 1. The highest BCUT2D eigenvalue weighted by molar-refractivity contribution is 5.85. The van der Waals surface area contributed by atoms with Crippen LogP contribution in [0.15, 0.2) is 30.5 Å². The van der Waals surface area contributed by atoms with Crippen LogP contribution in [-0.4, -0.2) is 23.2 Å². The van der Waals surface area contributed by atoms with Gasteiger partial charge >= 0.3 is 5.97 Å². The second-order valence-electron chi connectivity index (χ2n) is 5.62. The lowest BCUT2D eigenvalue weighted by molar-refractivity contribution is -0.146. The number of aryl methyl sites for hydroxylation is 1. The molecule has 0 bridgehead atoms. The van der Waals surface area contributed by atoms with Crippen LogP contribution in [0.3, 0.4) is 0 Å². The third-order valence-electron chi connectivity index (χ3n) is 3.28. The molecule has 2 N–H and O–H groups in total. The van der Waals surface area contributed by atoms with Gasteiger partial charge in [-0.15, -0.1) is 0 Å². The van der Waals surface area contributed by atoms with Crippen molar-refractivity contribution in [2.75, 3.05) is 6.61 Å². The number of fused-ring (bicyclic) bond motifs is 1. The molecule has 2 rings (SSSR count). The van der Waals surface area contributed by atoms with Crippen molar-refractivity contribution in [1.29, 1.82) is 0 Å². The monoisotopic (exact) mass is 274 g/mol. The fraction of sp³-hybridized carbons (Fsp3) is 0.438. The van der Waals surface area contributed by atoms with E-state index in [1.807, 2.05) is 39.2 Å². The van der Waals surface area contributed by atoms with Crippen LogP contribution in [0.1, 0.15) is 19.4 Å². The number of ether oxygens (including phenoxy) is 1. The minimum absolute atomic E-state index is 0.323. The summed E-state index contributed by atoms with van der Waals surface area (Å²) in [5, 5.41) is 1.14. The summed E-state index contributed by atoms with van der Waals surface area (Å²) in [6.07, 6.45) is 2.53. The average molecular weight is 274 g/mol. The number of hydrogen-bond donors (Lipinski definition) is 1. The van der Waals surface area contributed by atoms with Gasteiger partial charge in [0.2, 0.25) is 0 Å². The summed E-state index contributed by atoms with van der Waals surface area (Å²) in [6, 6.07) is 7.50. The smallest absolute Gasteiger partial charge is 0.323 e. The lowest BCUT2D eigenvalue weighted by Crippen LogP contribution is -2.35. The Balaban J connectivity index is 2.10. The number of carbonyl (C=O) groups is 1. The van der Waals surface area contributed by atoms with E-state index >= 15 is 0 Å². The number of nitrogens with two attached hydrogens (primary N) is 1. The highest BCUT2D eigenvalue weighted by Crippen LogP contribution is 2.21. The molecule has 0 aliphatic carbocycles. The van der Waals surface area contributed by atoms with Crippen LogP contribution in [0.25, 0.3) is 10.9 Å². The fourth-order valence-electron chi connectivity index (χ4n) is 2.26. The minimum atomic E-state index is -0.612. The first-order valence-corrected chi connectivity index (χ1v) is 6.94. The van der Waals surface area contributed by atoms with Crippen molar-refractivity contribution >= 4 is 16.9 Å². The van der Waals surface area contributed by atoms with Gasteiger partial charge in [-0.05, 0) is 17.5 Å². The van der Waals surface area contributed by atoms with Crippen molar-refractivity contribution in [3.8, 4) is 0 Å². The van der Waals surface area contributed by atoms with E-state index in [9.17, 15) is 4.79 Å². The summed E-state index contributed by atoms with van der Waals surface area (Å²) >= 11 is 0. The van der Waals surface area contributed by atoms with Gasteiger partial charge in [-0.1, -0.05) is 32.0 Å². The Morgan fingerprint density at radius 1 is 1.35 bits per heavy atom. The Kier molecular flexibility index (Phi) is 4.45. The van der Waals surface area contributed by atoms with Gasteiger partial charge in [-0.3, -0.25) is 4.79 Å². The third-order valence-corrected chi connectivity index (χ3v) is 3.28. The molecule has 0 unspecified atom stereocenters. The van der Waals surface area contributed by atoms with Crippen molar-refractivity contribution in [2.45, 2.75) is 26.3 Å². The fourth-order valence-corrected chi connectivity index (χ4v) is 2.26. The van der Waals surface area contributed by atoms with Crippen LogP contribution >= 0.6 is 0 Å². The lowest BCUT2D eigenvalue weighted by atomic mass is 10.1. The number of benzene rings is 1. The van der Waals surface area contributed by atoms with E-state index in [2.05, 4.69) is 16.7 Å². The van der Waals surface area contributed by atoms with Crippen LogP contribution in [0.2, 0.25) is 0 Å².